The van der Waals surface area contributed by atoms with Crippen LogP contribution in [0.2, 0.25) is 5.02 Å². The molecule has 0 aliphatic carbocycles. The van der Waals surface area contributed by atoms with Crippen molar-refractivity contribution in [3.05, 3.63) is 34.9 Å². The lowest BCUT2D eigenvalue weighted by atomic mass is 10.1. The summed E-state index contributed by atoms with van der Waals surface area (Å²) in [6, 6.07) is 8.94. The number of rotatable bonds is 7. The minimum absolute atomic E-state index is 0.320. The molecule has 2 atom stereocenters. The summed E-state index contributed by atoms with van der Waals surface area (Å²) in [6.45, 7) is 6.67. The van der Waals surface area contributed by atoms with Crippen molar-refractivity contribution in [1.82, 2.24) is 5.32 Å². The molecule has 1 unspecified atom stereocenters. The van der Waals surface area contributed by atoms with Crippen LogP contribution in [0, 0.1) is 0 Å². The van der Waals surface area contributed by atoms with E-state index >= 15 is 0 Å². The Morgan fingerprint density at radius 1 is 1.18 bits per heavy atom. The van der Waals surface area contributed by atoms with Crippen LogP contribution in [0.15, 0.2) is 24.3 Å². The SMILES string of the molecule is CCCCCC(C)N[C@@H](C)c1ccccc1Cl. The summed E-state index contributed by atoms with van der Waals surface area (Å²) in [4.78, 5) is 0. The first kappa shape index (κ1) is 14.5. The molecule has 1 aromatic carbocycles. The fourth-order valence-corrected chi connectivity index (χ4v) is 2.43. The van der Waals surface area contributed by atoms with Crippen molar-refractivity contribution in [2.24, 2.45) is 0 Å². The fourth-order valence-electron chi connectivity index (χ4n) is 2.13. The van der Waals surface area contributed by atoms with Crippen LogP contribution in [0.1, 0.15) is 58.1 Å². The van der Waals surface area contributed by atoms with Gasteiger partial charge in [-0.1, -0.05) is 56.0 Å². The van der Waals surface area contributed by atoms with Crippen molar-refractivity contribution in [2.75, 3.05) is 0 Å². The monoisotopic (exact) mass is 253 g/mol. The van der Waals surface area contributed by atoms with E-state index in [9.17, 15) is 0 Å². The molecular formula is C15H24ClN. The van der Waals surface area contributed by atoms with Crippen molar-refractivity contribution >= 4 is 11.6 Å². The Balaban J connectivity index is 2.43. The number of hydrogen-bond donors (Lipinski definition) is 1. The normalized spacial score (nSPS) is 14.6. The number of hydrogen-bond acceptors (Lipinski definition) is 1. The lowest BCUT2D eigenvalue weighted by Crippen LogP contribution is -2.29. The molecule has 2 heteroatoms. The van der Waals surface area contributed by atoms with E-state index in [-0.39, 0.29) is 0 Å². The molecule has 0 aliphatic heterocycles. The van der Waals surface area contributed by atoms with E-state index in [0.29, 0.717) is 12.1 Å². The molecule has 0 saturated carbocycles. The Morgan fingerprint density at radius 3 is 2.53 bits per heavy atom. The van der Waals surface area contributed by atoms with E-state index < -0.39 is 0 Å². The van der Waals surface area contributed by atoms with Crippen molar-refractivity contribution in [3.8, 4) is 0 Å². The van der Waals surface area contributed by atoms with Gasteiger partial charge in [0.15, 0.2) is 0 Å². The third-order valence-electron chi connectivity index (χ3n) is 3.15. The highest BCUT2D eigenvalue weighted by atomic mass is 35.5. The van der Waals surface area contributed by atoms with Crippen LogP contribution >= 0.6 is 11.6 Å². The predicted octanol–water partition coefficient (Wildman–Crippen LogP) is 4.96. The molecule has 0 aromatic heterocycles. The first-order chi connectivity index (χ1) is 8.15. The van der Waals surface area contributed by atoms with Gasteiger partial charge in [-0.3, -0.25) is 0 Å². The smallest absolute Gasteiger partial charge is 0.0453 e. The first-order valence-corrected chi connectivity index (χ1v) is 7.03. The van der Waals surface area contributed by atoms with Crippen molar-refractivity contribution in [3.63, 3.8) is 0 Å². The summed E-state index contributed by atoms with van der Waals surface area (Å²) in [5.74, 6) is 0. The molecule has 1 rings (SSSR count). The van der Waals surface area contributed by atoms with Crippen LogP contribution in [0.4, 0.5) is 0 Å². The molecule has 96 valence electrons. The molecule has 0 fully saturated rings. The van der Waals surface area contributed by atoms with Gasteiger partial charge in [0, 0.05) is 17.1 Å². The Hall–Kier alpha value is -0.530. The average molecular weight is 254 g/mol. The van der Waals surface area contributed by atoms with E-state index in [1.54, 1.807) is 0 Å². The summed E-state index contributed by atoms with van der Waals surface area (Å²) in [5, 5.41) is 4.47. The minimum Gasteiger partial charge on any atom is -0.308 e. The van der Waals surface area contributed by atoms with Gasteiger partial charge in [-0.2, -0.15) is 0 Å². The zero-order chi connectivity index (χ0) is 12.7. The van der Waals surface area contributed by atoms with Gasteiger partial charge in [-0.05, 0) is 31.9 Å². The lowest BCUT2D eigenvalue weighted by Gasteiger charge is -2.21. The molecular weight excluding hydrogens is 230 g/mol. The van der Waals surface area contributed by atoms with Gasteiger partial charge in [0.1, 0.15) is 0 Å². The average Bonchev–Trinajstić information content (AvgIpc) is 2.29. The van der Waals surface area contributed by atoms with Crippen molar-refractivity contribution in [1.29, 1.82) is 0 Å². The Bertz CT molecular complexity index is 324. The van der Waals surface area contributed by atoms with Gasteiger partial charge < -0.3 is 5.32 Å². The molecule has 1 N–H and O–H groups in total. The van der Waals surface area contributed by atoms with Crippen LogP contribution in [-0.2, 0) is 0 Å². The Morgan fingerprint density at radius 2 is 1.88 bits per heavy atom. The Kier molecular flexibility index (Phi) is 6.61. The molecule has 0 heterocycles. The van der Waals surface area contributed by atoms with Crippen LogP contribution in [0.3, 0.4) is 0 Å². The van der Waals surface area contributed by atoms with Crippen LogP contribution in [0.5, 0.6) is 0 Å². The highest BCUT2D eigenvalue weighted by molar-refractivity contribution is 6.31. The first-order valence-electron chi connectivity index (χ1n) is 6.65. The van der Waals surface area contributed by atoms with Gasteiger partial charge >= 0.3 is 0 Å². The zero-order valence-corrected chi connectivity index (χ0v) is 11.9. The van der Waals surface area contributed by atoms with E-state index in [1.165, 1.54) is 31.2 Å². The summed E-state index contributed by atoms with van der Waals surface area (Å²) in [6.07, 6.45) is 5.15. The number of halogens is 1. The highest BCUT2D eigenvalue weighted by Gasteiger charge is 2.11. The zero-order valence-electron chi connectivity index (χ0n) is 11.2. The quantitative estimate of drug-likeness (QED) is 0.678. The molecule has 0 radical (unpaired) electrons. The fraction of sp³-hybridized carbons (Fsp3) is 0.600. The third-order valence-corrected chi connectivity index (χ3v) is 3.49. The summed E-state index contributed by atoms with van der Waals surface area (Å²) < 4.78 is 0. The summed E-state index contributed by atoms with van der Waals surface area (Å²) in [7, 11) is 0. The Labute approximate surface area is 111 Å². The molecule has 0 amide bonds. The van der Waals surface area contributed by atoms with Crippen molar-refractivity contribution < 1.29 is 0 Å². The van der Waals surface area contributed by atoms with Gasteiger partial charge in [0.05, 0.1) is 0 Å². The molecule has 0 bridgehead atoms. The highest BCUT2D eigenvalue weighted by Crippen LogP contribution is 2.22. The molecule has 0 spiro atoms. The molecule has 0 aliphatic rings. The molecule has 1 aromatic rings. The van der Waals surface area contributed by atoms with Crippen LogP contribution in [0.25, 0.3) is 0 Å². The largest absolute Gasteiger partial charge is 0.308 e. The number of nitrogens with one attached hydrogen (secondary N) is 1. The second-order valence-corrected chi connectivity index (χ2v) is 5.21. The minimum atomic E-state index is 0.320. The molecule has 17 heavy (non-hydrogen) atoms. The van der Waals surface area contributed by atoms with Crippen LogP contribution < -0.4 is 5.32 Å². The van der Waals surface area contributed by atoms with E-state index in [1.807, 2.05) is 18.2 Å². The second-order valence-electron chi connectivity index (χ2n) is 4.81. The molecule has 0 saturated heterocycles. The predicted molar refractivity (Wildman–Crippen MR) is 76.6 cm³/mol. The maximum absolute atomic E-state index is 6.19. The van der Waals surface area contributed by atoms with Gasteiger partial charge in [0.25, 0.3) is 0 Å². The van der Waals surface area contributed by atoms with Gasteiger partial charge in [-0.25, -0.2) is 0 Å². The van der Waals surface area contributed by atoms with Gasteiger partial charge in [-0.15, -0.1) is 0 Å². The third kappa shape index (κ3) is 5.10. The van der Waals surface area contributed by atoms with Crippen LogP contribution in [-0.4, -0.2) is 6.04 Å². The van der Waals surface area contributed by atoms with E-state index in [2.05, 4.69) is 32.2 Å². The topological polar surface area (TPSA) is 12.0 Å². The maximum atomic E-state index is 6.19. The summed E-state index contributed by atoms with van der Waals surface area (Å²) in [5.41, 5.74) is 1.19. The van der Waals surface area contributed by atoms with E-state index in [0.717, 1.165) is 5.02 Å². The van der Waals surface area contributed by atoms with Crippen molar-refractivity contribution in [2.45, 2.75) is 58.5 Å². The summed E-state index contributed by atoms with van der Waals surface area (Å²) >= 11 is 6.19. The van der Waals surface area contributed by atoms with Gasteiger partial charge in [0.2, 0.25) is 0 Å². The van der Waals surface area contributed by atoms with E-state index in [4.69, 9.17) is 11.6 Å². The standard InChI is InChI=1S/C15H24ClN/c1-4-5-6-9-12(2)17-13(3)14-10-7-8-11-15(14)16/h7-8,10-13,17H,4-6,9H2,1-3H3/t12?,13-/m0/s1. The lowest BCUT2D eigenvalue weighted by molar-refractivity contribution is 0.440. The number of benzene rings is 1. The molecule has 1 nitrogen and oxygen atoms in total. The second kappa shape index (κ2) is 7.73. The maximum Gasteiger partial charge on any atom is 0.0453 e. The number of unbranched alkanes of at least 4 members (excludes halogenated alkanes) is 2.